The Balaban J connectivity index is 2.22. The Hall–Kier alpha value is -1.65. The van der Waals surface area contributed by atoms with E-state index in [1.165, 1.54) is 17.0 Å². The maximum atomic E-state index is 2.35. The van der Waals surface area contributed by atoms with E-state index in [4.69, 9.17) is 0 Å². The molecule has 0 aliphatic heterocycles. The lowest BCUT2D eigenvalue weighted by Crippen LogP contribution is -2.18. The van der Waals surface area contributed by atoms with E-state index >= 15 is 0 Å². The van der Waals surface area contributed by atoms with E-state index in [1.54, 1.807) is 0 Å². The highest BCUT2D eigenvalue weighted by molar-refractivity contribution is 7.73. The Labute approximate surface area is 136 Å². The number of rotatable bonds is 7. The summed E-state index contributed by atoms with van der Waals surface area (Å²) in [4.78, 5) is 0. The van der Waals surface area contributed by atoms with Crippen molar-refractivity contribution in [2.24, 2.45) is 0 Å². The summed E-state index contributed by atoms with van der Waals surface area (Å²) in [6.07, 6.45) is 11.4. The van der Waals surface area contributed by atoms with Gasteiger partial charge >= 0.3 is 0 Å². The molecule has 0 spiro atoms. The van der Waals surface area contributed by atoms with Crippen molar-refractivity contribution in [3.63, 3.8) is 0 Å². The van der Waals surface area contributed by atoms with Gasteiger partial charge in [-0.3, -0.25) is 0 Å². The molecule has 0 amide bonds. The Morgan fingerprint density at radius 2 is 1.41 bits per heavy atom. The molecule has 0 fully saturated rings. The highest BCUT2D eigenvalue weighted by Crippen LogP contribution is 2.39. The van der Waals surface area contributed by atoms with Crippen molar-refractivity contribution in [1.82, 2.24) is 0 Å². The summed E-state index contributed by atoms with van der Waals surface area (Å²) in [7, 11) is -0.357. The quantitative estimate of drug-likeness (QED) is 0.473. The van der Waals surface area contributed by atoms with Crippen LogP contribution >= 0.6 is 7.92 Å². The molecule has 0 nitrogen and oxygen atoms in total. The first-order valence-corrected chi connectivity index (χ1v) is 9.46. The second-order valence-electron chi connectivity index (χ2n) is 5.38. The van der Waals surface area contributed by atoms with Crippen LogP contribution in [0.15, 0.2) is 85.0 Å². The largest absolute Gasteiger partial charge is 0.0846 e. The Bertz CT molecular complexity index is 544. The van der Waals surface area contributed by atoms with Crippen LogP contribution in [-0.4, -0.2) is 5.66 Å². The van der Waals surface area contributed by atoms with E-state index < -0.39 is 0 Å². The van der Waals surface area contributed by atoms with Crippen molar-refractivity contribution in [3.8, 4) is 0 Å². The van der Waals surface area contributed by atoms with Gasteiger partial charge in [0.15, 0.2) is 0 Å². The molecule has 2 aromatic rings. The standard InChI is InChI=1S/C21H25P/c1-3-4-5-6-9-14-19(2)22(20-15-10-7-11-16-20)21-17-12-8-13-18-21/h5-19H,3-4H2,1-2H3/b6-5-,14-9-/t19-/m1/s1. The van der Waals surface area contributed by atoms with Gasteiger partial charge in [0.2, 0.25) is 0 Å². The van der Waals surface area contributed by atoms with Crippen LogP contribution < -0.4 is 10.6 Å². The Kier molecular flexibility index (Phi) is 7.13. The Morgan fingerprint density at radius 3 is 1.91 bits per heavy atom. The summed E-state index contributed by atoms with van der Waals surface area (Å²) >= 11 is 0. The third kappa shape index (κ3) is 4.97. The zero-order chi connectivity index (χ0) is 15.6. The van der Waals surface area contributed by atoms with E-state index in [1.807, 2.05) is 0 Å². The minimum absolute atomic E-state index is 0.357. The van der Waals surface area contributed by atoms with Crippen LogP contribution in [-0.2, 0) is 0 Å². The third-order valence-electron chi connectivity index (χ3n) is 3.57. The van der Waals surface area contributed by atoms with Gasteiger partial charge < -0.3 is 0 Å². The van der Waals surface area contributed by atoms with Crippen LogP contribution in [0.25, 0.3) is 0 Å². The molecular weight excluding hydrogens is 283 g/mol. The molecule has 1 heteroatoms. The molecule has 0 aliphatic carbocycles. The second-order valence-corrected chi connectivity index (χ2v) is 7.97. The molecule has 0 aliphatic rings. The molecule has 0 radical (unpaired) electrons. The molecule has 2 aromatic carbocycles. The maximum Gasteiger partial charge on any atom is 0.00254 e. The summed E-state index contributed by atoms with van der Waals surface area (Å²) in [6, 6.07) is 21.8. The predicted octanol–water partition coefficient (Wildman–Crippen LogP) is 5.42. The normalized spacial score (nSPS) is 13.2. The first-order chi connectivity index (χ1) is 10.8. The molecule has 22 heavy (non-hydrogen) atoms. The van der Waals surface area contributed by atoms with Crippen LogP contribution in [0.3, 0.4) is 0 Å². The Morgan fingerprint density at radius 1 is 0.864 bits per heavy atom. The van der Waals surface area contributed by atoms with Crippen molar-refractivity contribution >= 4 is 18.5 Å². The van der Waals surface area contributed by atoms with Crippen LogP contribution in [0.1, 0.15) is 26.7 Å². The zero-order valence-corrected chi connectivity index (χ0v) is 14.4. The van der Waals surface area contributed by atoms with Crippen molar-refractivity contribution in [2.45, 2.75) is 32.3 Å². The SMILES string of the molecule is CCC/C=C\C=C/[C@@H](C)P(c1ccccc1)c1ccccc1. The van der Waals surface area contributed by atoms with Crippen LogP contribution in [0, 0.1) is 0 Å². The van der Waals surface area contributed by atoms with Gasteiger partial charge in [0, 0.05) is 5.66 Å². The van der Waals surface area contributed by atoms with E-state index in [2.05, 4.69) is 98.8 Å². The van der Waals surface area contributed by atoms with Crippen LogP contribution in [0.2, 0.25) is 0 Å². The topological polar surface area (TPSA) is 0 Å². The molecule has 114 valence electrons. The molecule has 0 saturated carbocycles. The van der Waals surface area contributed by atoms with Gasteiger partial charge in [-0.15, -0.1) is 0 Å². The van der Waals surface area contributed by atoms with E-state index in [0.29, 0.717) is 5.66 Å². The third-order valence-corrected chi connectivity index (χ3v) is 6.26. The molecule has 1 atom stereocenters. The number of hydrogen-bond donors (Lipinski definition) is 0. The number of allylic oxidation sites excluding steroid dienone is 4. The van der Waals surface area contributed by atoms with Gasteiger partial charge in [0.05, 0.1) is 0 Å². The molecular formula is C21H25P. The first kappa shape index (κ1) is 16.7. The maximum absolute atomic E-state index is 2.35. The summed E-state index contributed by atoms with van der Waals surface area (Å²) in [5.74, 6) is 0. The fourth-order valence-corrected chi connectivity index (χ4v) is 4.95. The first-order valence-electron chi connectivity index (χ1n) is 8.05. The van der Waals surface area contributed by atoms with Crippen molar-refractivity contribution in [2.75, 3.05) is 0 Å². The smallest absolute Gasteiger partial charge is 0.00254 e. The summed E-state index contributed by atoms with van der Waals surface area (Å²) in [6.45, 7) is 4.54. The van der Waals surface area contributed by atoms with Gasteiger partial charge in [-0.05, 0) is 25.0 Å². The minimum atomic E-state index is -0.357. The average Bonchev–Trinajstić information content (AvgIpc) is 2.57. The molecule has 2 rings (SSSR count). The molecule has 0 aromatic heterocycles. The monoisotopic (exact) mass is 308 g/mol. The second kappa shape index (κ2) is 9.38. The van der Waals surface area contributed by atoms with Crippen molar-refractivity contribution in [3.05, 3.63) is 85.0 Å². The number of hydrogen-bond acceptors (Lipinski definition) is 0. The van der Waals surface area contributed by atoms with Gasteiger partial charge in [-0.2, -0.15) is 0 Å². The molecule has 0 bridgehead atoms. The lowest BCUT2D eigenvalue weighted by atomic mass is 10.3. The fraction of sp³-hybridized carbons (Fsp3) is 0.238. The van der Waals surface area contributed by atoms with Gasteiger partial charge in [0.1, 0.15) is 0 Å². The summed E-state index contributed by atoms with van der Waals surface area (Å²) in [5, 5.41) is 2.89. The average molecular weight is 308 g/mol. The molecule has 0 heterocycles. The predicted molar refractivity (Wildman–Crippen MR) is 102 cm³/mol. The fourth-order valence-electron chi connectivity index (χ4n) is 2.45. The zero-order valence-electron chi connectivity index (χ0n) is 13.5. The van der Waals surface area contributed by atoms with E-state index in [9.17, 15) is 0 Å². The molecule has 0 N–H and O–H groups in total. The van der Waals surface area contributed by atoms with Crippen molar-refractivity contribution in [1.29, 1.82) is 0 Å². The van der Waals surface area contributed by atoms with Crippen LogP contribution in [0.4, 0.5) is 0 Å². The highest BCUT2D eigenvalue weighted by Gasteiger charge is 2.18. The summed E-state index contributed by atoms with van der Waals surface area (Å²) < 4.78 is 0. The lowest BCUT2D eigenvalue weighted by Gasteiger charge is -2.23. The number of benzene rings is 2. The molecule has 0 saturated heterocycles. The number of unbranched alkanes of at least 4 members (excludes halogenated alkanes) is 1. The van der Waals surface area contributed by atoms with E-state index in [0.717, 1.165) is 6.42 Å². The van der Waals surface area contributed by atoms with Crippen molar-refractivity contribution < 1.29 is 0 Å². The highest BCUT2D eigenvalue weighted by atomic mass is 31.1. The lowest BCUT2D eigenvalue weighted by molar-refractivity contribution is 0.959. The molecule has 0 unspecified atom stereocenters. The van der Waals surface area contributed by atoms with Gasteiger partial charge in [0.25, 0.3) is 0 Å². The van der Waals surface area contributed by atoms with Gasteiger partial charge in [-0.25, -0.2) is 0 Å². The van der Waals surface area contributed by atoms with Gasteiger partial charge in [-0.1, -0.05) is 105 Å². The van der Waals surface area contributed by atoms with E-state index in [-0.39, 0.29) is 7.92 Å². The minimum Gasteiger partial charge on any atom is -0.0846 e. The summed E-state index contributed by atoms with van der Waals surface area (Å²) in [5.41, 5.74) is 0.520. The van der Waals surface area contributed by atoms with Crippen LogP contribution in [0.5, 0.6) is 0 Å².